The quantitative estimate of drug-likeness (QED) is 0.261. The van der Waals surface area contributed by atoms with E-state index in [-0.39, 0.29) is 13.4 Å². The van der Waals surface area contributed by atoms with Gasteiger partial charge in [-0.05, 0) is 75.2 Å². The van der Waals surface area contributed by atoms with E-state index in [1.807, 2.05) is 74.2 Å². The van der Waals surface area contributed by atoms with Gasteiger partial charge in [0.1, 0.15) is 29.5 Å². The Labute approximate surface area is 247 Å². The highest BCUT2D eigenvalue weighted by Gasteiger charge is 2.32. The molecule has 1 fully saturated rings. The molecule has 1 aliphatic heterocycles. The first-order valence-electron chi connectivity index (χ1n) is 14.1. The summed E-state index contributed by atoms with van der Waals surface area (Å²) in [6.07, 6.45) is 0.313. The molecule has 0 spiro atoms. The van der Waals surface area contributed by atoms with Gasteiger partial charge in [0.05, 0.1) is 11.7 Å². The average Bonchev–Trinajstić information content (AvgIpc) is 3.62. The molecule has 42 heavy (non-hydrogen) atoms. The number of halogens is 1. The smallest absolute Gasteiger partial charge is 0.410 e. The van der Waals surface area contributed by atoms with E-state index in [2.05, 4.69) is 4.98 Å². The highest BCUT2D eigenvalue weighted by atomic mass is 19.1. The standard InChI is InChI=1S/C33H37FN4O4.H2/c1-33(2,3)42-32(40)37(5)25-15-16-38(20-25)30-14-11-24(19-27(30)34)36(4)31(39)29-18-23-17-26(12-13-28(23)35-29)41-21-22-9-7-6-8-10-22;/h6-14,17-19,25,35H,15-16,20-21H2,1-5H3;1H. The second-order valence-corrected chi connectivity index (χ2v) is 11.7. The number of carbonyl (C=O) groups is 2. The van der Waals surface area contributed by atoms with Crippen LogP contribution in [0.15, 0.2) is 72.8 Å². The summed E-state index contributed by atoms with van der Waals surface area (Å²) in [6.45, 7) is 7.04. The summed E-state index contributed by atoms with van der Waals surface area (Å²) in [5.41, 5.74) is 2.56. The van der Waals surface area contributed by atoms with Crippen molar-refractivity contribution in [2.75, 3.05) is 37.0 Å². The van der Waals surface area contributed by atoms with Gasteiger partial charge >= 0.3 is 6.09 Å². The third kappa shape index (κ3) is 6.51. The number of H-pyrrole nitrogens is 1. The largest absolute Gasteiger partial charge is 0.489 e. The summed E-state index contributed by atoms with van der Waals surface area (Å²) in [7, 11) is 3.34. The lowest BCUT2D eigenvalue weighted by molar-refractivity contribution is 0.0237. The Morgan fingerprint density at radius 1 is 1.05 bits per heavy atom. The molecule has 1 saturated heterocycles. The number of nitrogens with zero attached hydrogens (tertiary/aromatic N) is 3. The molecule has 8 nitrogen and oxygen atoms in total. The van der Waals surface area contributed by atoms with Gasteiger partial charge in [0.2, 0.25) is 0 Å². The predicted octanol–water partition coefficient (Wildman–Crippen LogP) is 6.85. The van der Waals surface area contributed by atoms with Crippen molar-refractivity contribution in [2.45, 2.75) is 45.4 Å². The Hall–Kier alpha value is -4.53. The number of nitrogens with one attached hydrogen (secondary N) is 1. The molecular weight excluding hydrogens is 535 g/mol. The number of carbonyl (C=O) groups excluding carboxylic acids is 2. The van der Waals surface area contributed by atoms with E-state index in [9.17, 15) is 9.59 Å². The zero-order valence-electron chi connectivity index (χ0n) is 24.7. The molecular formula is C33H39FN4O4. The number of rotatable bonds is 7. The Bertz CT molecular complexity index is 1590. The normalized spacial score (nSPS) is 15.1. The fourth-order valence-electron chi connectivity index (χ4n) is 5.08. The van der Waals surface area contributed by atoms with Crippen LogP contribution in [0.25, 0.3) is 10.9 Å². The zero-order chi connectivity index (χ0) is 30.0. The average molecular weight is 575 g/mol. The second-order valence-electron chi connectivity index (χ2n) is 11.7. The van der Waals surface area contributed by atoms with E-state index in [0.29, 0.717) is 48.9 Å². The third-order valence-corrected chi connectivity index (χ3v) is 7.43. The molecule has 4 aromatic rings. The first kappa shape index (κ1) is 29.0. The number of amides is 2. The van der Waals surface area contributed by atoms with Crippen LogP contribution in [-0.4, -0.2) is 60.7 Å². The fourth-order valence-corrected chi connectivity index (χ4v) is 5.08. The Morgan fingerprint density at radius 3 is 2.52 bits per heavy atom. The van der Waals surface area contributed by atoms with Crippen molar-refractivity contribution >= 4 is 34.3 Å². The molecule has 2 heterocycles. The molecule has 1 atom stereocenters. The maximum absolute atomic E-state index is 15.3. The summed E-state index contributed by atoms with van der Waals surface area (Å²) in [4.78, 5) is 33.9. The van der Waals surface area contributed by atoms with Gasteiger partial charge in [-0.2, -0.15) is 0 Å². The minimum atomic E-state index is -0.582. The predicted molar refractivity (Wildman–Crippen MR) is 165 cm³/mol. The fraction of sp³-hybridized carbons (Fsp3) is 0.333. The van der Waals surface area contributed by atoms with Crippen LogP contribution in [0.1, 0.15) is 44.7 Å². The first-order valence-corrected chi connectivity index (χ1v) is 14.1. The lowest BCUT2D eigenvalue weighted by Crippen LogP contribution is -2.42. The van der Waals surface area contributed by atoms with Gasteiger partial charge in [0.15, 0.2) is 0 Å². The Morgan fingerprint density at radius 2 is 1.81 bits per heavy atom. The zero-order valence-corrected chi connectivity index (χ0v) is 24.7. The summed E-state index contributed by atoms with van der Waals surface area (Å²) >= 11 is 0. The molecule has 0 radical (unpaired) electrons. The molecule has 1 unspecified atom stereocenters. The number of ether oxygens (including phenoxy) is 2. The van der Waals surface area contributed by atoms with Gasteiger partial charge in [-0.25, -0.2) is 9.18 Å². The van der Waals surface area contributed by atoms with Crippen LogP contribution < -0.4 is 14.5 Å². The summed E-state index contributed by atoms with van der Waals surface area (Å²) in [6, 6.07) is 22.0. The number of anilines is 2. The van der Waals surface area contributed by atoms with Crippen molar-refractivity contribution in [3.63, 3.8) is 0 Å². The minimum Gasteiger partial charge on any atom is -0.489 e. The van der Waals surface area contributed by atoms with Crippen molar-refractivity contribution in [2.24, 2.45) is 0 Å². The lowest BCUT2D eigenvalue weighted by atomic mass is 10.2. The van der Waals surface area contributed by atoms with E-state index in [0.717, 1.165) is 16.5 Å². The van der Waals surface area contributed by atoms with Crippen LogP contribution in [0, 0.1) is 5.82 Å². The van der Waals surface area contributed by atoms with Gasteiger partial charge in [0.25, 0.3) is 5.91 Å². The van der Waals surface area contributed by atoms with Crippen LogP contribution in [0.5, 0.6) is 5.75 Å². The summed E-state index contributed by atoms with van der Waals surface area (Å²) < 4.78 is 26.7. The molecule has 1 aromatic heterocycles. The first-order chi connectivity index (χ1) is 20.0. The van der Waals surface area contributed by atoms with Gasteiger partial charge in [0, 0.05) is 45.2 Å². The number of fused-ring (bicyclic) bond motifs is 1. The van der Waals surface area contributed by atoms with Gasteiger partial charge < -0.3 is 29.2 Å². The molecule has 3 aromatic carbocycles. The van der Waals surface area contributed by atoms with Crippen molar-refractivity contribution < 1.29 is 24.9 Å². The monoisotopic (exact) mass is 574 g/mol. The second kappa shape index (κ2) is 11.8. The van der Waals surface area contributed by atoms with Gasteiger partial charge in [-0.15, -0.1) is 0 Å². The van der Waals surface area contributed by atoms with E-state index >= 15 is 4.39 Å². The number of hydrogen-bond donors (Lipinski definition) is 1. The number of hydrogen-bond acceptors (Lipinski definition) is 5. The molecule has 0 bridgehead atoms. The van der Waals surface area contributed by atoms with E-state index in [1.165, 1.54) is 11.0 Å². The molecule has 9 heteroatoms. The van der Waals surface area contributed by atoms with Crippen LogP contribution in [0.4, 0.5) is 20.6 Å². The van der Waals surface area contributed by atoms with Crippen LogP contribution in [0.2, 0.25) is 0 Å². The van der Waals surface area contributed by atoms with Crippen molar-refractivity contribution in [3.05, 3.63) is 89.9 Å². The summed E-state index contributed by atoms with van der Waals surface area (Å²) in [5.74, 6) is -0.00768. The number of likely N-dealkylation sites (N-methyl/N-ethyl adjacent to an activating group) is 1. The topological polar surface area (TPSA) is 78.1 Å². The van der Waals surface area contributed by atoms with Crippen molar-refractivity contribution in [1.82, 2.24) is 9.88 Å². The Kier molecular flexibility index (Phi) is 8.11. The van der Waals surface area contributed by atoms with Crippen LogP contribution >= 0.6 is 0 Å². The Balaban J connectivity index is 0.00000423. The van der Waals surface area contributed by atoms with Crippen LogP contribution in [-0.2, 0) is 11.3 Å². The maximum atomic E-state index is 15.3. The van der Waals surface area contributed by atoms with E-state index in [1.54, 1.807) is 37.2 Å². The van der Waals surface area contributed by atoms with E-state index in [4.69, 9.17) is 9.47 Å². The van der Waals surface area contributed by atoms with E-state index < -0.39 is 17.5 Å². The number of aromatic nitrogens is 1. The van der Waals surface area contributed by atoms with Gasteiger partial charge in [-0.3, -0.25) is 4.79 Å². The summed E-state index contributed by atoms with van der Waals surface area (Å²) in [5, 5.41) is 0.846. The van der Waals surface area contributed by atoms with Crippen LogP contribution in [0.3, 0.4) is 0 Å². The van der Waals surface area contributed by atoms with Crippen molar-refractivity contribution in [1.29, 1.82) is 0 Å². The molecule has 2 amide bonds. The lowest BCUT2D eigenvalue weighted by Gasteiger charge is -2.29. The van der Waals surface area contributed by atoms with Gasteiger partial charge in [-0.1, -0.05) is 30.3 Å². The molecule has 1 aliphatic rings. The molecule has 0 saturated carbocycles. The number of benzene rings is 3. The SMILES string of the molecule is CN(C(=O)c1cc2cc(OCc3ccccc3)ccc2[nH]1)c1ccc(N2CCC(N(C)C(=O)OC(C)(C)C)C2)c(F)c1.[HH]. The highest BCUT2D eigenvalue weighted by molar-refractivity contribution is 6.07. The minimum absolute atomic E-state index is 0. The molecule has 5 rings (SSSR count). The third-order valence-electron chi connectivity index (χ3n) is 7.43. The highest BCUT2D eigenvalue weighted by Crippen LogP contribution is 2.30. The number of aromatic amines is 1. The maximum Gasteiger partial charge on any atom is 0.410 e. The van der Waals surface area contributed by atoms with Crippen molar-refractivity contribution in [3.8, 4) is 5.75 Å². The molecule has 0 aliphatic carbocycles. The molecule has 1 N–H and O–H groups in total. The molecule has 222 valence electrons.